The Kier molecular flexibility index (Phi) is 5.73. The van der Waals surface area contributed by atoms with Crippen LogP contribution in [0.1, 0.15) is 15.2 Å². The van der Waals surface area contributed by atoms with Crippen molar-refractivity contribution in [1.29, 1.82) is 0 Å². The standard InChI is InChI=1S/C16H16N2O6S/c1-8-13(24-7-12(20)21)15(16(22)23)25-14(8)9-2-4-10(5-3-9)18-11(19)6-17/h2-5H,6-7,17H2,1H3,(H,18,19)(H,20,21)(H,22,23). The van der Waals surface area contributed by atoms with E-state index < -0.39 is 18.5 Å². The second-order valence-corrected chi connectivity index (χ2v) is 6.05. The van der Waals surface area contributed by atoms with Crippen LogP contribution < -0.4 is 15.8 Å². The molecule has 0 atom stereocenters. The first-order valence-corrected chi connectivity index (χ1v) is 7.96. The fourth-order valence-electron chi connectivity index (χ4n) is 2.14. The summed E-state index contributed by atoms with van der Waals surface area (Å²) in [5.74, 6) is -2.65. The van der Waals surface area contributed by atoms with E-state index in [2.05, 4.69) is 5.32 Å². The smallest absolute Gasteiger partial charge is 0.349 e. The Balaban J connectivity index is 2.35. The summed E-state index contributed by atoms with van der Waals surface area (Å²) in [5.41, 5.74) is 7.07. The number of thiophene rings is 1. The van der Waals surface area contributed by atoms with Crippen molar-refractivity contribution in [3.63, 3.8) is 0 Å². The maximum atomic E-state index is 11.4. The van der Waals surface area contributed by atoms with Gasteiger partial charge >= 0.3 is 11.9 Å². The summed E-state index contributed by atoms with van der Waals surface area (Å²) in [6.45, 7) is 0.916. The zero-order valence-electron chi connectivity index (χ0n) is 13.2. The van der Waals surface area contributed by atoms with Crippen LogP contribution in [0.2, 0.25) is 0 Å². The molecule has 1 heterocycles. The molecule has 0 radical (unpaired) electrons. The first kappa shape index (κ1) is 18.4. The lowest BCUT2D eigenvalue weighted by atomic mass is 10.1. The predicted molar refractivity (Wildman–Crippen MR) is 92.3 cm³/mol. The third kappa shape index (κ3) is 4.34. The van der Waals surface area contributed by atoms with E-state index in [0.29, 0.717) is 16.1 Å². The number of nitrogens with one attached hydrogen (secondary N) is 1. The normalized spacial score (nSPS) is 10.3. The van der Waals surface area contributed by atoms with Crippen molar-refractivity contribution in [1.82, 2.24) is 0 Å². The number of carbonyl (C=O) groups excluding carboxylic acids is 1. The average molecular weight is 364 g/mol. The molecule has 0 aliphatic rings. The SMILES string of the molecule is Cc1c(-c2ccc(NC(=O)CN)cc2)sc(C(=O)O)c1OCC(=O)O. The number of carboxylic acids is 2. The minimum absolute atomic E-state index is 0.0513. The van der Waals surface area contributed by atoms with Crippen molar-refractivity contribution >= 4 is 34.9 Å². The van der Waals surface area contributed by atoms with Crippen molar-refractivity contribution in [2.45, 2.75) is 6.92 Å². The number of carboxylic acid groups (broad SMARTS) is 2. The van der Waals surface area contributed by atoms with Crippen molar-refractivity contribution in [3.8, 4) is 16.2 Å². The van der Waals surface area contributed by atoms with Crippen LogP contribution in [0.5, 0.6) is 5.75 Å². The van der Waals surface area contributed by atoms with Gasteiger partial charge in [-0.15, -0.1) is 11.3 Å². The molecule has 1 aromatic carbocycles. The number of aliphatic carboxylic acids is 1. The van der Waals surface area contributed by atoms with Gasteiger partial charge < -0.3 is 26.0 Å². The summed E-state index contributed by atoms with van der Waals surface area (Å²) in [4.78, 5) is 33.9. The van der Waals surface area contributed by atoms with E-state index in [9.17, 15) is 19.5 Å². The highest BCUT2D eigenvalue weighted by molar-refractivity contribution is 7.18. The van der Waals surface area contributed by atoms with Gasteiger partial charge in [-0.2, -0.15) is 0 Å². The van der Waals surface area contributed by atoms with Crippen LogP contribution in [0.4, 0.5) is 5.69 Å². The van der Waals surface area contributed by atoms with Crippen molar-refractivity contribution in [2.75, 3.05) is 18.5 Å². The molecule has 1 amide bonds. The topological polar surface area (TPSA) is 139 Å². The first-order valence-electron chi connectivity index (χ1n) is 7.15. The number of carbonyl (C=O) groups is 3. The average Bonchev–Trinajstić information content (AvgIpc) is 2.90. The third-order valence-corrected chi connectivity index (χ3v) is 4.55. The molecular formula is C16H16N2O6S. The van der Waals surface area contributed by atoms with E-state index in [1.165, 1.54) is 0 Å². The first-order chi connectivity index (χ1) is 11.8. The maximum absolute atomic E-state index is 11.4. The molecule has 0 spiro atoms. The number of hydrogen-bond donors (Lipinski definition) is 4. The largest absolute Gasteiger partial charge is 0.480 e. The second kappa shape index (κ2) is 7.77. The zero-order valence-corrected chi connectivity index (χ0v) is 14.1. The summed E-state index contributed by atoms with van der Waals surface area (Å²) in [5, 5.41) is 20.6. The number of nitrogens with two attached hydrogens (primary N) is 1. The van der Waals surface area contributed by atoms with Gasteiger partial charge in [-0.1, -0.05) is 12.1 Å². The van der Waals surface area contributed by atoms with Crippen LogP contribution in [-0.2, 0) is 9.59 Å². The third-order valence-electron chi connectivity index (χ3n) is 3.24. The molecule has 0 bridgehead atoms. The van der Waals surface area contributed by atoms with Crippen molar-refractivity contribution in [2.24, 2.45) is 5.73 Å². The molecule has 2 aromatic rings. The van der Waals surface area contributed by atoms with Crippen molar-refractivity contribution in [3.05, 3.63) is 34.7 Å². The number of hydrogen-bond acceptors (Lipinski definition) is 6. The molecule has 0 saturated heterocycles. The fourth-order valence-corrected chi connectivity index (χ4v) is 3.24. The number of anilines is 1. The number of rotatable bonds is 7. The van der Waals surface area contributed by atoms with Crippen LogP contribution in [0, 0.1) is 6.92 Å². The van der Waals surface area contributed by atoms with Crippen LogP contribution in [0.25, 0.3) is 10.4 Å². The Morgan fingerprint density at radius 3 is 2.36 bits per heavy atom. The van der Waals surface area contributed by atoms with Gasteiger partial charge in [0, 0.05) is 16.1 Å². The summed E-state index contributed by atoms with van der Waals surface area (Å²) in [7, 11) is 0. The Morgan fingerprint density at radius 1 is 1.20 bits per heavy atom. The van der Waals surface area contributed by atoms with Crippen LogP contribution in [0.3, 0.4) is 0 Å². The number of aromatic carboxylic acids is 1. The highest BCUT2D eigenvalue weighted by Crippen LogP contribution is 2.41. The quantitative estimate of drug-likeness (QED) is 0.587. The summed E-state index contributed by atoms with van der Waals surface area (Å²) in [6, 6.07) is 6.77. The Morgan fingerprint density at radius 2 is 1.84 bits per heavy atom. The highest BCUT2D eigenvalue weighted by Gasteiger charge is 2.23. The van der Waals surface area contributed by atoms with E-state index in [4.69, 9.17) is 15.6 Å². The van der Waals surface area contributed by atoms with Gasteiger partial charge in [-0.25, -0.2) is 9.59 Å². The van der Waals surface area contributed by atoms with E-state index in [-0.39, 0.29) is 23.1 Å². The molecule has 25 heavy (non-hydrogen) atoms. The van der Waals surface area contributed by atoms with E-state index in [0.717, 1.165) is 16.9 Å². The van der Waals surface area contributed by atoms with Crippen molar-refractivity contribution < 1.29 is 29.3 Å². The van der Waals surface area contributed by atoms with E-state index >= 15 is 0 Å². The van der Waals surface area contributed by atoms with Crippen LogP contribution >= 0.6 is 11.3 Å². The van der Waals surface area contributed by atoms with Gasteiger partial charge in [0.2, 0.25) is 5.91 Å². The molecule has 0 aliphatic heterocycles. The lowest BCUT2D eigenvalue weighted by Crippen LogP contribution is -2.21. The zero-order chi connectivity index (χ0) is 18.6. The monoisotopic (exact) mass is 364 g/mol. The Bertz CT molecular complexity index is 813. The van der Waals surface area contributed by atoms with Gasteiger partial charge in [-0.3, -0.25) is 4.79 Å². The Hall–Kier alpha value is -2.91. The van der Waals surface area contributed by atoms with Gasteiger partial charge in [-0.05, 0) is 24.6 Å². The minimum atomic E-state index is -1.19. The van der Waals surface area contributed by atoms with E-state index in [1.54, 1.807) is 31.2 Å². The molecule has 0 fully saturated rings. The fraction of sp³-hybridized carbons (Fsp3) is 0.188. The van der Waals surface area contributed by atoms with Gasteiger partial charge in [0.05, 0.1) is 6.54 Å². The lowest BCUT2D eigenvalue weighted by molar-refractivity contribution is -0.139. The molecule has 2 rings (SSSR count). The van der Waals surface area contributed by atoms with Gasteiger partial charge in [0.1, 0.15) is 5.75 Å². The molecule has 0 saturated carbocycles. The molecule has 0 unspecified atom stereocenters. The predicted octanol–water partition coefficient (Wildman–Crippen LogP) is 1.78. The number of benzene rings is 1. The maximum Gasteiger partial charge on any atom is 0.349 e. The number of amides is 1. The van der Waals surface area contributed by atoms with Crippen LogP contribution in [0.15, 0.2) is 24.3 Å². The van der Waals surface area contributed by atoms with Gasteiger partial charge in [0.25, 0.3) is 0 Å². The van der Waals surface area contributed by atoms with E-state index in [1.807, 2.05) is 0 Å². The highest BCUT2D eigenvalue weighted by atomic mass is 32.1. The summed E-state index contributed by atoms with van der Waals surface area (Å²) in [6.07, 6.45) is 0. The Labute approximate surface area is 146 Å². The van der Waals surface area contributed by atoms with Gasteiger partial charge in [0.15, 0.2) is 11.5 Å². The molecule has 8 nitrogen and oxygen atoms in total. The summed E-state index contributed by atoms with van der Waals surface area (Å²) >= 11 is 0.998. The summed E-state index contributed by atoms with van der Waals surface area (Å²) < 4.78 is 5.14. The molecule has 5 N–H and O–H groups in total. The minimum Gasteiger partial charge on any atom is -0.480 e. The molecule has 132 valence electrons. The van der Waals surface area contributed by atoms with Crippen LogP contribution in [-0.4, -0.2) is 41.2 Å². The molecule has 9 heteroatoms. The second-order valence-electron chi connectivity index (χ2n) is 5.03. The lowest BCUT2D eigenvalue weighted by Gasteiger charge is -2.06. The molecular weight excluding hydrogens is 348 g/mol. The number of ether oxygens (including phenoxy) is 1. The molecule has 0 aliphatic carbocycles. The molecule has 1 aromatic heterocycles.